The zero-order valence-corrected chi connectivity index (χ0v) is 11.1. The van der Waals surface area contributed by atoms with Gasteiger partial charge >= 0.3 is 0 Å². The van der Waals surface area contributed by atoms with Crippen LogP contribution in [0.5, 0.6) is 0 Å². The number of hydrogen-bond donors (Lipinski definition) is 2. The van der Waals surface area contributed by atoms with E-state index in [1.165, 1.54) is 22.3 Å². The highest BCUT2D eigenvalue weighted by Gasteiger charge is 2.14. The third-order valence-electron chi connectivity index (χ3n) is 2.66. The Bertz CT molecular complexity index is 520. The zero-order chi connectivity index (χ0) is 11.9. The lowest BCUT2D eigenvalue weighted by molar-refractivity contribution is 1.10. The number of nitrogen functional groups attached to an aromatic ring is 1. The van der Waals surface area contributed by atoms with E-state index in [1.807, 2.05) is 0 Å². The number of halogens is 1. The molecule has 1 aromatic heterocycles. The van der Waals surface area contributed by atoms with Crippen LogP contribution in [0.4, 0.5) is 5.82 Å². The standard InChI is InChI=1S/C12H14BrN3/c1-6-4-7(2)9(8(3)5-6)11-10(13)12(14)16-15-11/h4-5H,1-3H3,(H3,14,15,16). The lowest BCUT2D eigenvalue weighted by Crippen LogP contribution is -1.91. The molecule has 0 saturated carbocycles. The molecule has 0 amide bonds. The Hall–Kier alpha value is -1.29. The molecule has 2 rings (SSSR count). The minimum absolute atomic E-state index is 0.495. The molecule has 0 saturated heterocycles. The molecule has 3 N–H and O–H groups in total. The summed E-state index contributed by atoms with van der Waals surface area (Å²) in [5, 5.41) is 6.97. The first-order valence-corrected chi connectivity index (χ1v) is 5.87. The SMILES string of the molecule is Cc1cc(C)c(-c2[nH]nc(N)c2Br)c(C)c1. The van der Waals surface area contributed by atoms with Crippen molar-refractivity contribution in [2.45, 2.75) is 20.8 Å². The number of aromatic nitrogens is 2. The molecule has 0 radical (unpaired) electrons. The fraction of sp³-hybridized carbons (Fsp3) is 0.250. The number of H-pyrrole nitrogens is 1. The molecule has 0 aliphatic rings. The lowest BCUT2D eigenvalue weighted by Gasteiger charge is -2.09. The number of anilines is 1. The van der Waals surface area contributed by atoms with Crippen molar-refractivity contribution >= 4 is 21.7 Å². The summed E-state index contributed by atoms with van der Waals surface area (Å²) in [7, 11) is 0. The maximum Gasteiger partial charge on any atom is 0.160 e. The molecule has 3 nitrogen and oxygen atoms in total. The number of rotatable bonds is 1. The van der Waals surface area contributed by atoms with Crippen LogP contribution >= 0.6 is 15.9 Å². The Morgan fingerprint density at radius 2 is 1.75 bits per heavy atom. The second-order valence-electron chi connectivity index (χ2n) is 4.07. The average Bonchev–Trinajstić information content (AvgIpc) is 2.48. The molecular formula is C12H14BrN3. The van der Waals surface area contributed by atoms with Crippen molar-refractivity contribution in [3.8, 4) is 11.3 Å². The summed E-state index contributed by atoms with van der Waals surface area (Å²) in [6.45, 7) is 6.29. The van der Waals surface area contributed by atoms with Crippen LogP contribution in [-0.4, -0.2) is 10.2 Å². The molecule has 1 aromatic carbocycles. The quantitative estimate of drug-likeness (QED) is 0.841. The van der Waals surface area contributed by atoms with Crippen molar-refractivity contribution in [2.24, 2.45) is 0 Å². The minimum atomic E-state index is 0.495. The van der Waals surface area contributed by atoms with E-state index in [0.29, 0.717) is 5.82 Å². The van der Waals surface area contributed by atoms with Gasteiger partial charge in [0.1, 0.15) is 0 Å². The van der Waals surface area contributed by atoms with E-state index >= 15 is 0 Å². The summed E-state index contributed by atoms with van der Waals surface area (Å²) >= 11 is 3.45. The number of nitrogens with one attached hydrogen (secondary N) is 1. The minimum Gasteiger partial charge on any atom is -0.381 e. The third-order valence-corrected chi connectivity index (χ3v) is 3.46. The van der Waals surface area contributed by atoms with Gasteiger partial charge in [-0.25, -0.2) is 0 Å². The van der Waals surface area contributed by atoms with Crippen LogP contribution in [0.1, 0.15) is 16.7 Å². The van der Waals surface area contributed by atoms with Crippen molar-refractivity contribution in [1.29, 1.82) is 0 Å². The Morgan fingerprint density at radius 3 is 2.19 bits per heavy atom. The van der Waals surface area contributed by atoms with Gasteiger partial charge in [-0.15, -0.1) is 0 Å². The predicted molar refractivity (Wildman–Crippen MR) is 70.3 cm³/mol. The van der Waals surface area contributed by atoms with Crippen LogP contribution in [0.3, 0.4) is 0 Å². The van der Waals surface area contributed by atoms with Crippen LogP contribution in [0, 0.1) is 20.8 Å². The number of aryl methyl sites for hydroxylation is 3. The van der Waals surface area contributed by atoms with Crippen LogP contribution < -0.4 is 5.73 Å². The number of hydrogen-bond acceptors (Lipinski definition) is 2. The van der Waals surface area contributed by atoms with Crippen LogP contribution in [0.15, 0.2) is 16.6 Å². The Morgan fingerprint density at radius 1 is 1.19 bits per heavy atom. The summed E-state index contributed by atoms with van der Waals surface area (Å²) in [6.07, 6.45) is 0. The van der Waals surface area contributed by atoms with Crippen molar-refractivity contribution in [3.63, 3.8) is 0 Å². The molecule has 0 unspecified atom stereocenters. The lowest BCUT2D eigenvalue weighted by atomic mass is 9.97. The van der Waals surface area contributed by atoms with Crippen LogP contribution in [0.25, 0.3) is 11.3 Å². The van der Waals surface area contributed by atoms with Gasteiger partial charge in [0.15, 0.2) is 5.82 Å². The fourth-order valence-corrected chi connectivity index (χ4v) is 2.46. The molecule has 2 aromatic rings. The first-order valence-electron chi connectivity index (χ1n) is 5.08. The van der Waals surface area contributed by atoms with Gasteiger partial charge in [-0.2, -0.15) is 5.10 Å². The van der Waals surface area contributed by atoms with E-state index in [1.54, 1.807) is 0 Å². The molecule has 0 atom stereocenters. The number of nitrogens with two attached hydrogens (primary N) is 1. The monoisotopic (exact) mass is 279 g/mol. The number of nitrogens with zero attached hydrogens (tertiary/aromatic N) is 1. The van der Waals surface area contributed by atoms with Gasteiger partial charge in [-0.05, 0) is 47.8 Å². The van der Waals surface area contributed by atoms with E-state index in [-0.39, 0.29) is 0 Å². The van der Waals surface area contributed by atoms with E-state index in [2.05, 4.69) is 59.0 Å². The third kappa shape index (κ3) is 1.73. The van der Waals surface area contributed by atoms with Gasteiger partial charge in [0.25, 0.3) is 0 Å². The first kappa shape index (κ1) is 11.2. The smallest absolute Gasteiger partial charge is 0.160 e. The largest absolute Gasteiger partial charge is 0.381 e. The molecule has 0 fully saturated rings. The molecule has 0 aliphatic carbocycles. The Labute approximate surface area is 103 Å². The van der Waals surface area contributed by atoms with Crippen LogP contribution in [-0.2, 0) is 0 Å². The molecule has 0 bridgehead atoms. The zero-order valence-electron chi connectivity index (χ0n) is 9.56. The van der Waals surface area contributed by atoms with E-state index in [9.17, 15) is 0 Å². The summed E-state index contributed by atoms with van der Waals surface area (Å²) < 4.78 is 0.836. The number of benzene rings is 1. The second-order valence-corrected chi connectivity index (χ2v) is 4.86. The van der Waals surface area contributed by atoms with Gasteiger partial charge < -0.3 is 5.73 Å². The molecule has 0 aliphatic heterocycles. The fourth-order valence-electron chi connectivity index (χ4n) is 2.08. The molecule has 0 spiro atoms. The van der Waals surface area contributed by atoms with E-state index in [0.717, 1.165) is 10.2 Å². The average molecular weight is 280 g/mol. The van der Waals surface area contributed by atoms with Crippen molar-refractivity contribution in [1.82, 2.24) is 10.2 Å². The van der Waals surface area contributed by atoms with E-state index in [4.69, 9.17) is 5.73 Å². The molecule has 4 heteroatoms. The molecule has 1 heterocycles. The van der Waals surface area contributed by atoms with Gasteiger partial charge in [-0.3, -0.25) is 5.10 Å². The Balaban J connectivity index is 2.69. The topological polar surface area (TPSA) is 54.7 Å². The Kier molecular flexibility index (Phi) is 2.76. The van der Waals surface area contributed by atoms with Crippen molar-refractivity contribution in [3.05, 3.63) is 33.3 Å². The first-order chi connectivity index (χ1) is 7.50. The van der Waals surface area contributed by atoms with Gasteiger partial charge in [0, 0.05) is 5.56 Å². The highest BCUT2D eigenvalue weighted by atomic mass is 79.9. The van der Waals surface area contributed by atoms with Crippen molar-refractivity contribution in [2.75, 3.05) is 5.73 Å². The van der Waals surface area contributed by atoms with Crippen molar-refractivity contribution < 1.29 is 0 Å². The van der Waals surface area contributed by atoms with Crippen LogP contribution in [0.2, 0.25) is 0 Å². The van der Waals surface area contributed by atoms with Gasteiger partial charge in [0.2, 0.25) is 0 Å². The highest BCUT2D eigenvalue weighted by Crippen LogP contribution is 2.34. The summed E-state index contributed by atoms with van der Waals surface area (Å²) in [5.74, 6) is 0.495. The maximum absolute atomic E-state index is 5.72. The van der Waals surface area contributed by atoms with Gasteiger partial charge in [-0.1, -0.05) is 17.7 Å². The second kappa shape index (κ2) is 3.94. The molecule has 16 heavy (non-hydrogen) atoms. The maximum atomic E-state index is 5.72. The highest BCUT2D eigenvalue weighted by molar-refractivity contribution is 9.10. The predicted octanol–water partition coefficient (Wildman–Crippen LogP) is 3.35. The van der Waals surface area contributed by atoms with E-state index < -0.39 is 0 Å². The summed E-state index contributed by atoms with van der Waals surface area (Å²) in [5.41, 5.74) is 11.6. The summed E-state index contributed by atoms with van der Waals surface area (Å²) in [6, 6.07) is 4.32. The molecule has 84 valence electrons. The summed E-state index contributed by atoms with van der Waals surface area (Å²) in [4.78, 5) is 0. The number of aromatic amines is 1. The van der Waals surface area contributed by atoms with Gasteiger partial charge in [0.05, 0.1) is 10.2 Å². The normalized spacial score (nSPS) is 10.8. The molecular weight excluding hydrogens is 266 g/mol.